The van der Waals surface area contributed by atoms with Crippen LogP contribution in [0.5, 0.6) is 0 Å². The molecule has 1 aliphatic heterocycles. The van der Waals surface area contributed by atoms with Crippen LogP contribution < -0.4 is 5.32 Å². The molecule has 2 nitrogen and oxygen atoms in total. The lowest BCUT2D eigenvalue weighted by molar-refractivity contribution is 0.701. The van der Waals surface area contributed by atoms with Crippen molar-refractivity contribution in [2.75, 3.05) is 5.32 Å². The maximum absolute atomic E-state index is 4.35. The molecule has 1 aromatic rings. The predicted octanol–water partition coefficient (Wildman–Crippen LogP) is 2.59. The van der Waals surface area contributed by atoms with Crippen molar-refractivity contribution in [3.05, 3.63) is 29.8 Å². The summed E-state index contributed by atoms with van der Waals surface area (Å²) in [6.07, 6.45) is 2.85. The minimum Gasteiger partial charge on any atom is -0.346 e. The van der Waals surface area contributed by atoms with Crippen LogP contribution in [0.25, 0.3) is 0 Å². The first kappa shape index (κ1) is 7.35. The number of para-hydroxylation sites is 1. The molecule has 0 saturated heterocycles. The number of nitrogens with zero attached hydrogens (tertiary/aromatic N) is 1. The molecule has 0 spiro atoms. The zero-order valence-electron chi connectivity index (χ0n) is 7.12. The first-order valence-electron chi connectivity index (χ1n) is 4.29. The highest BCUT2D eigenvalue weighted by Crippen LogP contribution is 2.29. The Morgan fingerprint density at radius 1 is 1.42 bits per heavy atom. The molecule has 0 radical (unpaired) electrons. The predicted molar refractivity (Wildman–Crippen MR) is 51.6 cm³/mol. The smallest absolute Gasteiger partial charge is 0.0875 e. The summed E-state index contributed by atoms with van der Waals surface area (Å²) < 4.78 is 0. The standard InChI is InChI=1S/C10H12N2/c1-2-9-8-5-3-4-6-10(8)12-7-11-9/h3-7,9H,2H2,1H3,(H,11,12). The Hall–Kier alpha value is -1.31. The summed E-state index contributed by atoms with van der Waals surface area (Å²) in [4.78, 5) is 4.35. The van der Waals surface area contributed by atoms with E-state index in [1.807, 2.05) is 6.07 Å². The summed E-state index contributed by atoms with van der Waals surface area (Å²) in [5.74, 6) is 0. The van der Waals surface area contributed by atoms with Gasteiger partial charge in [-0.3, -0.25) is 4.99 Å². The summed E-state index contributed by atoms with van der Waals surface area (Å²) >= 11 is 0. The summed E-state index contributed by atoms with van der Waals surface area (Å²) in [7, 11) is 0. The second-order valence-electron chi connectivity index (χ2n) is 2.93. The molecule has 1 heterocycles. The van der Waals surface area contributed by atoms with Crippen LogP contribution in [0.15, 0.2) is 29.3 Å². The van der Waals surface area contributed by atoms with E-state index in [1.54, 1.807) is 6.34 Å². The summed E-state index contributed by atoms with van der Waals surface area (Å²) in [6, 6.07) is 8.67. The fraction of sp³-hybridized carbons (Fsp3) is 0.300. The van der Waals surface area contributed by atoms with Crippen molar-refractivity contribution in [1.29, 1.82) is 0 Å². The summed E-state index contributed by atoms with van der Waals surface area (Å²) in [5.41, 5.74) is 2.50. The lowest BCUT2D eigenvalue weighted by Gasteiger charge is -2.19. The second kappa shape index (κ2) is 2.97. The number of nitrogens with one attached hydrogen (secondary N) is 1. The lowest BCUT2D eigenvalue weighted by Crippen LogP contribution is -2.09. The Labute approximate surface area is 72.3 Å². The molecule has 1 aromatic carbocycles. The van der Waals surface area contributed by atoms with Gasteiger partial charge in [0.2, 0.25) is 0 Å². The number of rotatable bonds is 1. The zero-order valence-corrected chi connectivity index (χ0v) is 7.12. The van der Waals surface area contributed by atoms with Crippen LogP contribution in [0.4, 0.5) is 5.69 Å². The third-order valence-corrected chi connectivity index (χ3v) is 2.18. The average molecular weight is 160 g/mol. The van der Waals surface area contributed by atoms with Gasteiger partial charge in [0, 0.05) is 11.3 Å². The van der Waals surface area contributed by atoms with E-state index in [0.717, 1.165) is 6.42 Å². The van der Waals surface area contributed by atoms with Crippen molar-refractivity contribution >= 4 is 12.0 Å². The number of hydrogen-bond acceptors (Lipinski definition) is 2. The molecule has 2 rings (SSSR count). The van der Waals surface area contributed by atoms with E-state index >= 15 is 0 Å². The van der Waals surface area contributed by atoms with Gasteiger partial charge in [0.1, 0.15) is 0 Å². The van der Waals surface area contributed by atoms with Crippen molar-refractivity contribution in [2.24, 2.45) is 4.99 Å². The van der Waals surface area contributed by atoms with Crippen molar-refractivity contribution < 1.29 is 0 Å². The SMILES string of the molecule is CCC1N=CNc2ccccc21. The Morgan fingerprint density at radius 3 is 3.08 bits per heavy atom. The van der Waals surface area contributed by atoms with Gasteiger partial charge >= 0.3 is 0 Å². The van der Waals surface area contributed by atoms with E-state index in [2.05, 4.69) is 35.4 Å². The quantitative estimate of drug-likeness (QED) is 0.671. The molecule has 2 heteroatoms. The van der Waals surface area contributed by atoms with Gasteiger partial charge in [0.05, 0.1) is 12.4 Å². The fourth-order valence-corrected chi connectivity index (χ4v) is 1.52. The van der Waals surface area contributed by atoms with Gasteiger partial charge in [-0.2, -0.15) is 0 Å². The molecular formula is C10H12N2. The van der Waals surface area contributed by atoms with Crippen molar-refractivity contribution in [3.63, 3.8) is 0 Å². The molecule has 1 unspecified atom stereocenters. The van der Waals surface area contributed by atoms with Crippen LogP contribution in [0.1, 0.15) is 24.9 Å². The topological polar surface area (TPSA) is 24.4 Å². The maximum atomic E-state index is 4.35. The largest absolute Gasteiger partial charge is 0.346 e. The normalized spacial score (nSPS) is 19.9. The Bertz CT molecular complexity index is 304. The molecule has 0 aliphatic carbocycles. The fourth-order valence-electron chi connectivity index (χ4n) is 1.52. The first-order valence-corrected chi connectivity index (χ1v) is 4.29. The molecule has 1 N–H and O–H groups in total. The van der Waals surface area contributed by atoms with Gasteiger partial charge in [0.15, 0.2) is 0 Å². The van der Waals surface area contributed by atoms with Gasteiger partial charge in [-0.05, 0) is 12.5 Å². The van der Waals surface area contributed by atoms with Crippen molar-refractivity contribution in [3.8, 4) is 0 Å². The number of fused-ring (bicyclic) bond motifs is 1. The third kappa shape index (κ3) is 1.09. The van der Waals surface area contributed by atoms with Gasteiger partial charge in [-0.1, -0.05) is 25.1 Å². The number of benzene rings is 1. The lowest BCUT2D eigenvalue weighted by atomic mass is 10.0. The minimum absolute atomic E-state index is 0.349. The van der Waals surface area contributed by atoms with E-state index in [-0.39, 0.29) is 0 Å². The minimum atomic E-state index is 0.349. The summed E-state index contributed by atoms with van der Waals surface area (Å²) in [6.45, 7) is 2.16. The molecule has 1 atom stereocenters. The zero-order chi connectivity index (χ0) is 8.39. The molecule has 0 saturated carbocycles. The Morgan fingerprint density at radius 2 is 2.25 bits per heavy atom. The Kier molecular flexibility index (Phi) is 1.82. The highest BCUT2D eigenvalue weighted by molar-refractivity contribution is 5.80. The van der Waals surface area contributed by atoms with E-state index in [4.69, 9.17) is 0 Å². The molecule has 0 amide bonds. The van der Waals surface area contributed by atoms with Gasteiger partial charge < -0.3 is 5.32 Å². The van der Waals surface area contributed by atoms with Crippen LogP contribution >= 0.6 is 0 Å². The van der Waals surface area contributed by atoms with Gasteiger partial charge in [-0.15, -0.1) is 0 Å². The maximum Gasteiger partial charge on any atom is 0.0875 e. The summed E-state index contributed by atoms with van der Waals surface area (Å²) in [5, 5.41) is 3.14. The Balaban J connectivity index is 2.43. The van der Waals surface area contributed by atoms with Crippen LogP contribution in [0.3, 0.4) is 0 Å². The molecule has 62 valence electrons. The number of anilines is 1. The highest BCUT2D eigenvalue weighted by atomic mass is 15.0. The number of aliphatic imine (C=N–C) groups is 1. The van der Waals surface area contributed by atoms with Crippen molar-refractivity contribution in [2.45, 2.75) is 19.4 Å². The number of hydrogen-bond donors (Lipinski definition) is 1. The van der Waals surface area contributed by atoms with Crippen LogP contribution in [0, 0.1) is 0 Å². The molecule has 12 heavy (non-hydrogen) atoms. The van der Waals surface area contributed by atoms with Crippen LogP contribution in [-0.4, -0.2) is 6.34 Å². The molecular weight excluding hydrogens is 148 g/mol. The highest BCUT2D eigenvalue weighted by Gasteiger charge is 2.13. The van der Waals surface area contributed by atoms with Gasteiger partial charge in [-0.25, -0.2) is 0 Å². The molecule has 0 bridgehead atoms. The third-order valence-electron chi connectivity index (χ3n) is 2.18. The average Bonchev–Trinajstić information content (AvgIpc) is 2.17. The van der Waals surface area contributed by atoms with Crippen molar-refractivity contribution in [1.82, 2.24) is 0 Å². The monoisotopic (exact) mass is 160 g/mol. The van der Waals surface area contributed by atoms with E-state index in [0.29, 0.717) is 6.04 Å². The van der Waals surface area contributed by atoms with Crippen LogP contribution in [-0.2, 0) is 0 Å². The van der Waals surface area contributed by atoms with E-state index < -0.39 is 0 Å². The molecule has 1 aliphatic rings. The first-order chi connectivity index (χ1) is 5.92. The van der Waals surface area contributed by atoms with Gasteiger partial charge in [0.25, 0.3) is 0 Å². The van der Waals surface area contributed by atoms with E-state index in [1.165, 1.54) is 11.3 Å². The van der Waals surface area contributed by atoms with Crippen LogP contribution in [0.2, 0.25) is 0 Å². The second-order valence-corrected chi connectivity index (χ2v) is 2.93. The molecule has 0 fully saturated rings. The van der Waals surface area contributed by atoms with E-state index in [9.17, 15) is 0 Å². The molecule has 0 aromatic heterocycles.